The van der Waals surface area contributed by atoms with Crippen molar-refractivity contribution in [2.45, 2.75) is 24.7 Å². The summed E-state index contributed by atoms with van der Waals surface area (Å²) in [6, 6.07) is 14.1. The molecule has 0 fully saturated rings. The molecule has 1 amide bonds. The molecule has 25 heavy (non-hydrogen) atoms. The maximum absolute atomic E-state index is 12.2. The Kier molecular flexibility index (Phi) is 4.59. The second kappa shape index (κ2) is 6.68. The number of benzene rings is 2. The predicted octanol–water partition coefficient (Wildman–Crippen LogP) is 2.49. The summed E-state index contributed by atoms with van der Waals surface area (Å²) >= 11 is 0. The number of nitrogens with one attached hydrogen (secondary N) is 2. The number of hydrogen-bond acceptors (Lipinski definition) is 4. The van der Waals surface area contributed by atoms with Gasteiger partial charge in [-0.2, -0.15) is 0 Å². The Bertz CT molecular complexity index is 950. The number of hydrogen-bond donors (Lipinski definition) is 2. The minimum absolute atomic E-state index is 0.168. The third-order valence-corrected chi connectivity index (χ3v) is 5.30. The number of fused-ring (bicyclic) bond motifs is 1. The van der Waals surface area contributed by atoms with E-state index in [1.807, 2.05) is 24.3 Å². The average molecular weight is 357 g/mol. The van der Waals surface area contributed by atoms with E-state index in [2.05, 4.69) is 28.9 Å². The van der Waals surface area contributed by atoms with Crippen LogP contribution in [0.3, 0.4) is 0 Å². The van der Waals surface area contributed by atoms with Crippen LogP contribution in [0.2, 0.25) is 0 Å². The van der Waals surface area contributed by atoms with Gasteiger partial charge in [0, 0.05) is 11.3 Å². The van der Waals surface area contributed by atoms with E-state index in [9.17, 15) is 13.2 Å². The van der Waals surface area contributed by atoms with E-state index < -0.39 is 10.0 Å². The van der Waals surface area contributed by atoms with Gasteiger partial charge in [-0.15, -0.1) is 0 Å². The summed E-state index contributed by atoms with van der Waals surface area (Å²) in [6.07, 6.45) is 0. The van der Waals surface area contributed by atoms with Crippen molar-refractivity contribution < 1.29 is 13.2 Å². The van der Waals surface area contributed by atoms with Crippen molar-refractivity contribution in [2.24, 2.45) is 4.99 Å². The maximum Gasteiger partial charge on any atom is 0.263 e. The molecule has 2 aromatic carbocycles. The van der Waals surface area contributed by atoms with E-state index in [4.69, 9.17) is 0 Å². The third kappa shape index (κ3) is 3.56. The minimum atomic E-state index is -3.59. The summed E-state index contributed by atoms with van der Waals surface area (Å²) in [7, 11) is -3.59. The van der Waals surface area contributed by atoms with Crippen LogP contribution in [0.1, 0.15) is 30.9 Å². The SMILES string of the molecule is CC(C)c1ccccc1NC(=O)CN=C1NS(=O)(=O)c2ccccc21. The van der Waals surface area contributed by atoms with Crippen LogP contribution >= 0.6 is 0 Å². The summed E-state index contributed by atoms with van der Waals surface area (Å²) in [4.78, 5) is 16.5. The second-order valence-electron chi connectivity index (χ2n) is 6.06. The van der Waals surface area contributed by atoms with E-state index in [1.165, 1.54) is 6.07 Å². The molecule has 0 unspecified atom stereocenters. The number of para-hydroxylation sites is 1. The van der Waals surface area contributed by atoms with E-state index >= 15 is 0 Å². The molecular weight excluding hydrogens is 338 g/mol. The van der Waals surface area contributed by atoms with Crippen LogP contribution in [0.5, 0.6) is 0 Å². The van der Waals surface area contributed by atoms with Crippen LogP contribution in [0, 0.1) is 0 Å². The van der Waals surface area contributed by atoms with E-state index in [0.717, 1.165) is 11.3 Å². The van der Waals surface area contributed by atoms with Crippen LogP contribution in [0.4, 0.5) is 5.69 Å². The van der Waals surface area contributed by atoms with Gasteiger partial charge >= 0.3 is 0 Å². The van der Waals surface area contributed by atoms with Crippen molar-refractivity contribution in [3.8, 4) is 0 Å². The number of sulfonamides is 1. The number of rotatable bonds is 4. The van der Waals surface area contributed by atoms with Gasteiger partial charge in [-0.1, -0.05) is 44.2 Å². The second-order valence-corrected chi connectivity index (χ2v) is 7.71. The van der Waals surface area contributed by atoms with E-state index in [0.29, 0.717) is 5.56 Å². The summed E-state index contributed by atoms with van der Waals surface area (Å²) < 4.78 is 26.4. The summed E-state index contributed by atoms with van der Waals surface area (Å²) in [6.45, 7) is 3.93. The van der Waals surface area contributed by atoms with Gasteiger partial charge in [-0.3, -0.25) is 14.5 Å². The molecule has 2 aromatic rings. The standard InChI is InChI=1S/C18H19N3O3S/c1-12(2)13-7-3-5-9-15(13)20-17(22)11-19-18-14-8-4-6-10-16(14)25(23,24)21-18/h3-10,12H,11H2,1-2H3,(H,19,21)(H,20,22). The van der Waals surface area contributed by atoms with Crippen LogP contribution in [0.15, 0.2) is 58.4 Å². The quantitative estimate of drug-likeness (QED) is 0.881. The third-order valence-electron chi connectivity index (χ3n) is 3.90. The van der Waals surface area contributed by atoms with E-state index in [1.54, 1.807) is 18.2 Å². The molecule has 2 N–H and O–H groups in total. The molecule has 0 aliphatic carbocycles. The molecule has 6 nitrogen and oxygen atoms in total. The fourth-order valence-corrected chi connectivity index (χ4v) is 3.96. The fourth-order valence-electron chi connectivity index (χ4n) is 2.71. The number of carbonyl (C=O) groups is 1. The molecular formula is C18H19N3O3S. The molecule has 130 valence electrons. The number of carbonyl (C=O) groups excluding carboxylic acids is 1. The van der Waals surface area contributed by atoms with Crippen LogP contribution in [-0.4, -0.2) is 26.7 Å². The summed E-state index contributed by atoms with van der Waals surface area (Å²) in [5.74, 6) is 0.170. The first kappa shape index (κ1) is 17.2. The topological polar surface area (TPSA) is 87.6 Å². The monoisotopic (exact) mass is 357 g/mol. The first-order valence-electron chi connectivity index (χ1n) is 7.94. The van der Waals surface area contributed by atoms with Crippen molar-refractivity contribution >= 4 is 27.5 Å². The average Bonchev–Trinajstić information content (AvgIpc) is 2.84. The van der Waals surface area contributed by atoms with Gasteiger partial charge in [0.1, 0.15) is 12.4 Å². The Morgan fingerprint density at radius 3 is 2.56 bits per heavy atom. The van der Waals surface area contributed by atoms with Gasteiger partial charge in [-0.05, 0) is 29.7 Å². The highest BCUT2D eigenvalue weighted by molar-refractivity contribution is 7.90. The molecule has 1 heterocycles. The first-order chi connectivity index (χ1) is 11.9. The van der Waals surface area contributed by atoms with Crippen LogP contribution in [0.25, 0.3) is 0 Å². The number of anilines is 1. The Morgan fingerprint density at radius 1 is 1.12 bits per heavy atom. The molecule has 0 radical (unpaired) electrons. The van der Waals surface area contributed by atoms with Gasteiger partial charge in [-0.25, -0.2) is 8.42 Å². The normalized spacial score (nSPS) is 16.5. The number of aliphatic imine (C=N–C) groups is 1. The largest absolute Gasteiger partial charge is 0.324 e. The van der Waals surface area contributed by atoms with Gasteiger partial charge in [0.2, 0.25) is 5.91 Å². The van der Waals surface area contributed by atoms with Crippen molar-refractivity contribution in [1.82, 2.24) is 4.72 Å². The van der Waals surface area contributed by atoms with E-state index in [-0.39, 0.29) is 29.1 Å². The zero-order chi connectivity index (χ0) is 18.0. The Morgan fingerprint density at radius 2 is 1.80 bits per heavy atom. The number of amides is 1. The smallest absolute Gasteiger partial charge is 0.263 e. The zero-order valence-electron chi connectivity index (χ0n) is 14.0. The lowest BCUT2D eigenvalue weighted by Gasteiger charge is -2.13. The van der Waals surface area contributed by atoms with Crippen molar-refractivity contribution in [3.63, 3.8) is 0 Å². The summed E-state index contributed by atoms with van der Waals surface area (Å²) in [5.41, 5.74) is 2.27. The van der Waals surface area contributed by atoms with Gasteiger partial charge in [0.05, 0.1) is 4.90 Å². The van der Waals surface area contributed by atoms with Gasteiger partial charge < -0.3 is 5.32 Å². The first-order valence-corrected chi connectivity index (χ1v) is 9.42. The van der Waals surface area contributed by atoms with Crippen molar-refractivity contribution in [3.05, 3.63) is 59.7 Å². The Labute approximate surface area is 147 Å². The molecule has 1 aliphatic rings. The molecule has 0 saturated heterocycles. The molecule has 0 saturated carbocycles. The highest BCUT2D eigenvalue weighted by Crippen LogP contribution is 2.24. The highest BCUT2D eigenvalue weighted by atomic mass is 32.2. The Balaban J connectivity index is 1.77. The fraction of sp³-hybridized carbons (Fsp3) is 0.222. The van der Waals surface area contributed by atoms with Crippen molar-refractivity contribution in [1.29, 1.82) is 0 Å². The van der Waals surface area contributed by atoms with Gasteiger partial charge in [0.25, 0.3) is 10.0 Å². The molecule has 7 heteroatoms. The van der Waals surface area contributed by atoms with Gasteiger partial charge in [0.15, 0.2) is 0 Å². The molecule has 0 bridgehead atoms. The minimum Gasteiger partial charge on any atom is -0.324 e. The number of amidine groups is 1. The molecule has 0 spiro atoms. The van der Waals surface area contributed by atoms with Crippen LogP contribution < -0.4 is 10.0 Å². The molecule has 1 aliphatic heterocycles. The molecule has 0 atom stereocenters. The predicted molar refractivity (Wildman–Crippen MR) is 97.3 cm³/mol. The lowest BCUT2D eigenvalue weighted by Crippen LogP contribution is -2.24. The lowest BCUT2D eigenvalue weighted by molar-refractivity contribution is -0.114. The van der Waals surface area contributed by atoms with Crippen LogP contribution in [-0.2, 0) is 14.8 Å². The Hall–Kier alpha value is -2.67. The lowest BCUT2D eigenvalue weighted by atomic mass is 10.0. The number of nitrogens with zero attached hydrogens (tertiary/aromatic N) is 1. The summed E-state index contributed by atoms with van der Waals surface area (Å²) in [5, 5.41) is 2.84. The molecule has 0 aromatic heterocycles. The molecule has 3 rings (SSSR count). The van der Waals surface area contributed by atoms with Crippen molar-refractivity contribution in [2.75, 3.05) is 11.9 Å². The maximum atomic E-state index is 12.2. The zero-order valence-corrected chi connectivity index (χ0v) is 14.8. The highest BCUT2D eigenvalue weighted by Gasteiger charge is 2.30.